The fourth-order valence-electron chi connectivity index (χ4n) is 1.45. The number of hydrogen-bond donors (Lipinski definition) is 2. The third kappa shape index (κ3) is 1.35. The maximum Gasteiger partial charge on any atom is 0.116 e. The number of nitrogens with zero attached hydrogens (tertiary/aromatic N) is 2. The fraction of sp³-hybridized carbons (Fsp3) is 0.200. The first kappa shape index (κ1) is 8.74. The van der Waals surface area contributed by atoms with E-state index in [0.29, 0.717) is 0 Å². The van der Waals surface area contributed by atoms with Crippen molar-refractivity contribution in [3.63, 3.8) is 0 Å². The average molecular weight is 188 g/mol. The minimum atomic E-state index is 0.937. The van der Waals surface area contributed by atoms with Crippen LogP contribution in [0.1, 0.15) is 5.69 Å². The summed E-state index contributed by atoms with van der Waals surface area (Å²) in [5.41, 5.74) is 4.08. The highest BCUT2D eigenvalue weighted by atomic mass is 15.1. The highest BCUT2D eigenvalue weighted by Crippen LogP contribution is 2.26. The zero-order valence-corrected chi connectivity index (χ0v) is 8.20. The number of anilines is 1. The molecular formula is C10H12N4. The quantitative estimate of drug-likeness (QED) is 0.755. The summed E-state index contributed by atoms with van der Waals surface area (Å²) in [5, 5.41) is 10.3. The van der Waals surface area contributed by atoms with Crippen LogP contribution >= 0.6 is 0 Å². The van der Waals surface area contributed by atoms with Crippen molar-refractivity contribution in [1.82, 2.24) is 15.2 Å². The van der Waals surface area contributed by atoms with Crippen molar-refractivity contribution in [2.45, 2.75) is 6.92 Å². The third-order valence-corrected chi connectivity index (χ3v) is 2.15. The molecule has 2 rings (SSSR count). The van der Waals surface area contributed by atoms with Gasteiger partial charge in [-0.2, -0.15) is 5.10 Å². The first-order valence-electron chi connectivity index (χ1n) is 4.46. The molecule has 4 nitrogen and oxygen atoms in total. The van der Waals surface area contributed by atoms with Gasteiger partial charge in [0.2, 0.25) is 0 Å². The standard InChI is InChI=1S/C10H12N4/c1-7-9(11-2)10(14-13-7)8-3-5-12-6-4-8/h3-6,11H,1-2H3,(H,13,14). The zero-order chi connectivity index (χ0) is 9.97. The molecule has 0 aliphatic rings. The van der Waals surface area contributed by atoms with Crippen molar-refractivity contribution in [3.05, 3.63) is 30.2 Å². The van der Waals surface area contributed by atoms with Gasteiger partial charge in [0.05, 0.1) is 11.4 Å². The second kappa shape index (κ2) is 3.49. The maximum atomic E-state index is 4.24. The summed E-state index contributed by atoms with van der Waals surface area (Å²) in [6.45, 7) is 1.99. The van der Waals surface area contributed by atoms with Gasteiger partial charge in [-0.3, -0.25) is 10.1 Å². The second-order valence-electron chi connectivity index (χ2n) is 3.06. The molecule has 0 saturated carbocycles. The minimum Gasteiger partial charge on any atom is -0.385 e. The highest BCUT2D eigenvalue weighted by molar-refractivity contribution is 5.75. The molecule has 0 aliphatic carbocycles. The number of aromatic amines is 1. The van der Waals surface area contributed by atoms with E-state index >= 15 is 0 Å². The van der Waals surface area contributed by atoms with Crippen LogP contribution in [-0.4, -0.2) is 22.2 Å². The number of H-pyrrole nitrogens is 1. The summed E-state index contributed by atoms with van der Waals surface area (Å²) in [6.07, 6.45) is 3.53. The fourth-order valence-corrected chi connectivity index (χ4v) is 1.45. The van der Waals surface area contributed by atoms with Crippen LogP contribution < -0.4 is 5.32 Å². The minimum absolute atomic E-state index is 0.937. The van der Waals surface area contributed by atoms with Gasteiger partial charge in [0.1, 0.15) is 5.69 Å². The van der Waals surface area contributed by atoms with Crippen LogP contribution in [0.2, 0.25) is 0 Å². The predicted molar refractivity (Wildman–Crippen MR) is 56.1 cm³/mol. The van der Waals surface area contributed by atoms with Gasteiger partial charge in [-0.25, -0.2) is 0 Å². The van der Waals surface area contributed by atoms with E-state index in [2.05, 4.69) is 20.5 Å². The largest absolute Gasteiger partial charge is 0.385 e. The predicted octanol–water partition coefficient (Wildman–Crippen LogP) is 1.82. The Morgan fingerprint density at radius 3 is 2.64 bits per heavy atom. The van der Waals surface area contributed by atoms with Crippen molar-refractivity contribution in [2.75, 3.05) is 12.4 Å². The Hall–Kier alpha value is -1.84. The summed E-state index contributed by atoms with van der Waals surface area (Å²) in [6, 6.07) is 3.88. The molecule has 0 unspecified atom stereocenters. The van der Waals surface area contributed by atoms with Gasteiger partial charge in [-0.15, -0.1) is 0 Å². The Morgan fingerprint density at radius 1 is 1.29 bits per heavy atom. The maximum absolute atomic E-state index is 4.24. The number of rotatable bonds is 2. The molecule has 4 heteroatoms. The number of nitrogens with one attached hydrogen (secondary N) is 2. The molecule has 0 spiro atoms. The lowest BCUT2D eigenvalue weighted by molar-refractivity contribution is 1.05. The molecular weight excluding hydrogens is 176 g/mol. The van der Waals surface area contributed by atoms with Crippen LogP contribution in [0, 0.1) is 6.92 Å². The molecule has 0 amide bonds. The molecule has 0 aliphatic heterocycles. The summed E-state index contributed by atoms with van der Waals surface area (Å²) < 4.78 is 0. The highest BCUT2D eigenvalue weighted by Gasteiger charge is 2.09. The molecule has 14 heavy (non-hydrogen) atoms. The topological polar surface area (TPSA) is 53.6 Å². The van der Waals surface area contributed by atoms with Crippen LogP contribution in [0.3, 0.4) is 0 Å². The van der Waals surface area contributed by atoms with Crippen LogP contribution in [0.5, 0.6) is 0 Å². The molecule has 0 aromatic carbocycles. The van der Waals surface area contributed by atoms with E-state index in [0.717, 1.165) is 22.6 Å². The molecule has 0 bridgehead atoms. The molecule has 0 radical (unpaired) electrons. The smallest absolute Gasteiger partial charge is 0.116 e. The molecule has 2 heterocycles. The zero-order valence-electron chi connectivity index (χ0n) is 8.20. The normalized spacial score (nSPS) is 10.1. The number of hydrogen-bond acceptors (Lipinski definition) is 3. The third-order valence-electron chi connectivity index (χ3n) is 2.15. The van der Waals surface area contributed by atoms with Gasteiger partial charge in [-0.1, -0.05) is 0 Å². The lowest BCUT2D eigenvalue weighted by atomic mass is 10.1. The van der Waals surface area contributed by atoms with Crippen LogP contribution in [-0.2, 0) is 0 Å². The second-order valence-corrected chi connectivity index (χ2v) is 3.06. The molecule has 72 valence electrons. The SMILES string of the molecule is CNc1c(-c2ccncc2)n[nH]c1C. The van der Waals surface area contributed by atoms with Crippen molar-refractivity contribution in [2.24, 2.45) is 0 Å². The van der Waals surface area contributed by atoms with Crippen molar-refractivity contribution in [3.8, 4) is 11.3 Å². The molecule has 0 atom stereocenters. The van der Waals surface area contributed by atoms with Crippen molar-refractivity contribution >= 4 is 5.69 Å². The Morgan fingerprint density at radius 2 is 2.00 bits per heavy atom. The number of aromatic nitrogens is 3. The Labute approximate surface area is 82.4 Å². The van der Waals surface area contributed by atoms with Gasteiger partial charge >= 0.3 is 0 Å². The van der Waals surface area contributed by atoms with E-state index in [9.17, 15) is 0 Å². The van der Waals surface area contributed by atoms with Crippen LogP contribution in [0.25, 0.3) is 11.3 Å². The monoisotopic (exact) mass is 188 g/mol. The number of pyridine rings is 1. The first-order valence-corrected chi connectivity index (χ1v) is 4.46. The molecule has 0 saturated heterocycles. The Bertz CT molecular complexity index is 419. The van der Waals surface area contributed by atoms with Gasteiger partial charge in [0, 0.05) is 25.0 Å². The van der Waals surface area contributed by atoms with Gasteiger partial charge in [-0.05, 0) is 19.1 Å². The van der Waals surface area contributed by atoms with Crippen molar-refractivity contribution < 1.29 is 0 Å². The summed E-state index contributed by atoms with van der Waals surface area (Å²) in [7, 11) is 1.89. The van der Waals surface area contributed by atoms with E-state index in [1.165, 1.54) is 0 Å². The summed E-state index contributed by atoms with van der Waals surface area (Å²) in [4.78, 5) is 3.97. The number of aryl methyl sites for hydroxylation is 1. The van der Waals surface area contributed by atoms with Crippen LogP contribution in [0.15, 0.2) is 24.5 Å². The van der Waals surface area contributed by atoms with Gasteiger partial charge in [0.15, 0.2) is 0 Å². The van der Waals surface area contributed by atoms with E-state index in [4.69, 9.17) is 0 Å². The molecule has 2 aromatic rings. The molecule has 2 N–H and O–H groups in total. The molecule has 0 fully saturated rings. The van der Waals surface area contributed by atoms with E-state index < -0.39 is 0 Å². The van der Waals surface area contributed by atoms with E-state index in [-0.39, 0.29) is 0 Å². The lowest BCUT2D eigenvalue weighted by Crippen LogP contribution is -1.91. The molecule has 2 aromatic heterocycles. The van der Waals surface area contributed by atoms with Crippen molar-refractivity contribution in [1.29, 1.82) is 0 Å². The lowest BCUT2D eigenvalue weighted by Gasteiger charge is -2.01. The van der Waals surface area contributed by atoms with Gasteiger partial charge < -0.3 is 5.32 Å². The van der Waals surface area contributed by atoms with E-state index in [1.54, 1.807) is 12.4 Å². The Balaban J connectivity index is 2.52. The van der Waals surface area contributed by atoms with Gasteiger partial charge in [0.25, 0.3) is 0 Å². The summed E-state index contributed by atoms with van der Waals surface area (Å²) in [5.74, 6) is 0. The van der Waals surface area contributed by atoms with E-state index in [1.807, 2.05) is 26.1 Å². The average Bonchev–Trinajstić information content (AvgIpc) is 2.61. The Kier molecular flexibility index (Phi) is 2.18. The van der Waals surface area contributed by atoms with Crippen LogP contribution in [0.4, 0.5) is 5.69 Å². The summed E-state index contributed by atoms with van der Waals surface area (Å²) >= 11 is 0. The first-order chi connectivity index (χ1) is 6.83.